The van der Waals surface area contributed by atoms with Crippen LogP contribution in [0.3, 0.4) is 0 Å². The van der Waals surface area contributed by atoms with E-state index in [-0.39, 0.29) is 13.1 Å². The Labute approximate surface area is 180 Å². The highest BCUT2D eigenvalue weighted by atomic mass is 32.2. The number of ether oxygens (including phenoxy) is 1. The Morgan fingerprint density at radius 1 is 1.07 bits per heavy atom. The summed E-state index contributed by atoms with van der Waals surface area (Å²) in [6.45, 7) is 1.49. The van der Waals surface area contributed by atoms with Crippen LogP contribution in [-0.2, 0) is 16.4 Å². The summed E-state index contributed by atoms with van der Waals surface area (Å²) in [5.74, 6) is -1.38. The summed E-state index contributed by atoms with van der Waals surface area (Å²) in [5.41, 5.74) is 1.13. The van der Waals surface area contributed by atoms with E-state index in [0.29, 0.717) is 24.7 Å². The summed E-state index contributed by atoms with van der Waals surface area (Å²) in [5, 5.41) is 3.70. The fraction of sp³-hybridized carbons (Fsp3) is 0.350. The van der Waals surface area contributed by atoms with Gasteiger partial charge in [0.2, 0.25) is 10.0 Å². The number of nitrogens with one attached hydrogen (secondary N) is 1. The van der Waals surface area contributed by atoms with Crippen molar-refractivity contribution in [3.63, 3.8) is 0 Å². The Morgan fingerprint density at radius 3 is 2.23 bits per heavy atom. The molecule has 6 nitrogen and oxygen atoms in total. The molecule has 0 aliphatic carbocycles. The second kappa shape index (κ2) is 9.67. The molecular formula is C20H23F2N3O3S2. The molecule has 1 fully saturated rings. The topological polar surface area (TPSA) is 61.9 Å². The third-order valence-electron chi connectivity index (χ3n) is 4.89. The number of halogens is 2. The number of rotatable bonds is 6. The van der Waals surface area contributed by atoms with Crippen molar-refractivity contribution in [1.29, 1.82) is 0 Å². The largest absolute Gasteiger partial charge is 0.497 e. The Balaban J connectivity index is 1.51. The zero-order valence-electron chi connectivity index (χ0n) is 16.5. The van der Waals surface area contributed by atoms with E-state index < -0.39 is 26.6 Å². The zero-order valence-corrected chi connectivity index (χ0v) is 18.1. The average Bonchev–Trinajstić information content (AvgIpc) is 2.74. The van der Waals surface area contributed by atoms with Gasteiger partial charge < -0.3 is 15.0 Å². The van der Waals surface area contributed by atoms with Gasteiger partial charge in [-0.15, -0.1) is 0 Å². The molecule has 10 heteroatoms. The quantitative estimate of drug-likeness (QED) is 0.675. The lowest BCUT2D eigenvalue weighted by molar-refractivity contribution is 0.262. The number of sulfonamides is 1. The van der Waals surface area contributed by atoms with E-state index in [4.69, 9.17) is 17.0 Å². The molecule has 1 aliphatic heterocycles. The molecule has 0 spiro atoms. The monoisotopic (exact) mass is 455 g/mol. The third kappa shape index (κ3) is 5.05. The van der Waals surface area contributed by atoms with Gasteiger partial charge in [0.1, 0.15) is 17.4 Å². The minimum Gasteiger partial charge on any atom is -0.497 e. The molecule has 3 rings (SSSR count). The lowest BCUT2D eigenvalue weighted by Gasteiger charge is -2.35. The van der Waals surface area contributed by atoms with Crippen molar-refractivity contribution < 1.29 is 21.9 Å². The number of hydrogen-bond donors (Lipinski definition) is 1. The molecule has 0 bridgehead atoms. The second-order valence-corrected chi connectivity index (χ2v) is 9.03. The van der Waals surface area contributed by atoms with E-state index in [9.17, 15) is 17.2 Å². The van der Waals surface area contributed by atoms with Crippen LogP contribution in [0.5, 0.6) is 5.75 Å². The van der Waals surface area contributed by atoms with Crippen molar-refractivity contribution in [2.45, 2.75) is 11.3 Å². The maximum absolute atomic E-state index is 13.9. The summed E-state index contributed by atoms with van der Waals surface area (Å²) in [6, 6.07) is 10.8. The first-order valence-corrected chi connectivity index (χ1v) is 11.3. The van der Waals surface area contributed by atoms with Gasteiger partial charge in [0.05, 0.1) is 7.11 Å². The third-order valence-corrected chi connectivity index (χ3v) is 7.25. The van der Waals surface area contributed by atoms with E-state index in [1.807, 2.05) is 29.2 Å². The summed E-state index contributed by atoms with van der Waals surface area (Å²) in [7, 11) is -2.63. The second-order valence-electron chi connectivity index (χ2n) is 6.77. The Hall–Kier alpha value is -2.30. The van der Waals surface area contributed by atoms with Gasteiger partial charge in [-0.05, 0) is 48.5 Å². The summed E-state index contributed by atoms with van der Waals surface area (Å²) >= 11 is 5.40. The molecular weight excluding hydrogens is 432 g/mol. The molecule has 0 unspecified atom stereocenters. The lowest BCUT2D eigenvalue weighted by atomic mass is 10.1. The SMILES string of the molecule is COc1ccc(CCNC(=S)N2CCN(S(=O)(=O)c3c(F)cccc3F)CC2)cc1. The number of thiocarbonyl (C=S) groups is 1. The predicted molar refractivity (Wildman–Crippen MR) is 114 cm³/mol. The maximum Gasteiger partial charge on any atom is 0.249 e. The van der Waals surface area contributed by atoms with Gasteiger partial charge in [-0.25, -0.2) is 17.2 Å². The zero-order chi connectivity index (χ0) is 21.7. The van der Waals surface area contributed by atoms with Gasteiger partial charge in [0.15, 0.2) is 10.0 Å². The lowest BCUT2D eigenvalue weighted by Crippen LogP contribution is -2.53. The molecule has 0 amide bonds. The molecule has 2 aromatic rings. The molecule has 0 aromatic heterocycles. The minimum absolute atomic E-state index is 0.0937. The van der Waals surface area contributed by atoms with Gasteiger partial charge in [-0.2, -0.15) is 4.31 Å². The highest BCUT2D eigenvalue weighted by Crippen LogP contribution is 2.23. The van der Waals surface area contributed by atoms with Crippen LogP contribution in [-0.4, -0.2) is 62.6 Å². The average molecular weight is 456 g/mol. The van der Waals surface area contributed by atoms with E-state index in [0.717, 1.165) is 40.2 Å². The highest BCUT2D eigenvalue weighted by Gasteiger charge is 2.33. The molecule has 1 N–H and O–H groups in total. The van der Waals surface area contributed by atoms with E-state index in [1.165, 1.54) is 0 Å². The van der Waals surface area contributed by atoms with Gasteiger partial charge in [-0.1, -0.05) is 18.2 Å². The van der Waals surface area contributed by atoms with Crippen LogP contribution in [0, 0.1) is 11.6 Å². The van der Waals surface area contributed by atoms with E-state index >= 15 is 0 Å². The van der Waals surface area contributed by atoms with Crippen molar-refractivity contribution in [2.24, 2.45) is 0 Å². The Morgan fingerprint density at radius 2 is 1.67 bits per heavy atom. The molecule has 1 saturated heterocycles. The first-order valence-electron chi connectivity index (χ1n) is 9.43. The van der Waals surface area contributed by atoms with Crippen LogP contribution in [0.2, 0.25) is 0 Å². The fourth-order valence-corrected chi connectivity index (χ4v) is 5.02. The highest BCUT2D eigenvalue weighted by molar-refractivity contribution is 7.89. The Bertz CT molecular complexity index is 973. The molecule has 0 saturated carbocycles. The Kier molecular flexibility index (Phi) is 7.22. The minimum atomic E-state index is -4.25. The normalized spacial score (nSPS) is 15.1. The molecule has 162 valence electrons. The smallest absolute Gasteiger partial charge is 0.249 e. The van der Waals surface area contributed by atoms with Crippen molar-refractivity contribution in [1.82, 2.24) is 14.5 Å². The fourth-order valence-electron chi connectivity index (χ4n) is 3.21. The first-order chi connectivity index (χ1) is 14.3. The number of hydrogen-bond acceptors (Lipinski definition) is 4. The summed E-state index contributed by atoms with van der Waals surface area (Å²) in [6.07, 6.45) is 0.769. The van der Waals surface area contributed by atoms with Crippen LogP contribution in [0.4, 0.5) is 8.78 Å². The molecule has 0 radical (unpaired) electrons. The molecule has 0 atom stereocenters. The number of nitrogens with zero attached hydrogens (tertiary/aromatic N) is 2. The summed E-state index contributed by atoms with van der Waals surface area (Å²) < 4.78 is 59.4. The van der Waals surface area contributed by atoms with Crippen LogP contribution in [0.1, 0.15) is 5.56 Å². The maximum atomic E-state index is 13.9. The number of methoxy groups -OCH3 is 1. The van der Waals surface area contributed by atoms with Crippen LogP contribution >= 0.6 is 12.2 Å². The van der Waals surface area contributed by atoms with E-state index in [2.05, 4.69) is 5.32 Å². The molecule has 1 aliphatic rings. The van der Waals surface area contributed by atoms with Crippen molar-refractivity contribution >= 4 is 27.4 Å². The van der Waals surface area contributed by atoms with Crippen LogP contribution < -0.4 is 10.1 Å². The number of piperazine rings is 1. The van der Waals surface area contributed by atoms with Crippen LogP contribution in [0.25, 0.3) is 0 Å². The van der Waals surface area contributed by atoms with Gasteiger partial charge in [0.25, 0.3) is 0 Å². The standard InChI is InChI=1S/C20H23F2N3O3S2/c1-28-16-7-5-15(6-8-16)9-10-23-20(29)24-11-13-25(14-12-24)30(26,27)19-17(21)3-2-4-18(19)22/h2-8H,9-14H2,1H3,(H,23,29). The summed E-state index contributed by atoms with van der Waals surface area (Å²) in [4.78, 5) is 0.950. The van der Waals surface area contributed by atoms with Crippen LogP contribution in [0.15, 0.2) is 47.4 Å². The molecule has 30 heavy (non-hydrogen) atoms. The first kappa shape index (κ1) is 22.4. The number of benzene rings is 2. The predicted octanol–water partition coefficient (Wildman–Crippen LogP) is 2.40. The van der Waals surface area contributed by atoms with Crippen molar-refractivity contribution in [3.05, 3.63) is 59.7 Å². The van der Waals surface area contributed by atoms with Gasteiger partial charge in [-0.3, -0.25) is 0 Å². The molecule has 1 heterocycles. The van der Waals surface area contributed by atoms with Gasteiger partial charge in [0, 0.05) is 32.7 Å². The molecule has 2 aromatic carbocycles. The van der Waals surface area contributed by atoms with E-state index in [1.54, 1.807) is 7.11 Å². The van der Waals surface area contributed by atoms with Crippen molar-refractivity contribution in [2.75, 3.05) is 39.8 Å². The van der Waals surface area contributed by atoms with Crippen molar-refractivity contribution in [3.8, 4) is 5.75 Å². The van der Waals surface area contributed by atoms with Gasteiger partial charge >= 0.3 is 0 Å².